The van der Waals surface area contributed by atoms with Gasteiger partial charge in [0.2, 0.25) is 5.91 Å². The molecule has 104 valence electrons. The number of aryl methyl sites for hydroxylation is 2. The fourth-order valence-electron chi connectivity index (χ4n) is 2.51. The van der Waals surface area contributed by atoms with Gasteiger partial charge in [0.1, 0.15) is 6.54 Å². The normalized spacial score (nSPS) is 14.1. The van der Waals surface area contributed by atoms with Crippen LogP contribution in [0.1, 0.15) is 12.6 Å². The molecule has 0 atom stereocenters. The number of anilines is 4. The molecule has 0 bridgehead atoms. The molecule has 0 saturated carbocycles. The second kappa shape index (κ2) is 4.56. The van der Waals surface area contributed by atoms with E-state index in [9.17, 15) is 4.79 Å². The predicted molar refractivity (Wildman–Crippen MR) is 79.1 cm³/mol. The monoisotopic (exact) mass is 271 g/mol. The minimum atomic E-state index is -0.0513. The van der Waals surface area contributed by atoms with Crippen LogP contribution in [0.25, 0.3) is 0 Å². The molecular weight excluding hydrogens is 254 g/mol. The number of nitrogen functional groups attached to an aromatic ring is 1. The molecule has 3 rings (SSSR count). The maximum Gasteiger partial charge on any atom is 0.244 e. The molecule has 6 nitrogen and oxygen atoms in total. The number of para-hydroxylation sites is 2. The molecule has 0 saturated heterocycles. The maximum atomic E-state index is 11.9. The van der Waals surface area contributed by atoms with Crippen LogP contribution in [-0.2, 0) is 11.3 Å². The van der Waals surface area contributed by atoms with E-state index in [0.717, 1.165) is 22.9 Å². The van der Waals surface area contributed by atoms with Crippen molar-refractivity contribution in [2.45, 2.75) is 20.4 Å². The van der Waals surface area contributed by atoms with E-state index in [4.69, 9.17) is 5.73 Å². The lowest BCUT2D eigenvalue weighted by Gasteiger charge is -2.31. The van der Waals surface area contributed by atoms with Gasteiger partial charge < -0.3 is 16.0 Å². The van der Waals surface area contributed by atoms with Crippen molar-refractivity contribution in [1.82, 2.24) is 9.78 Å². The predicted octanol–water partition coefficient (Wildman–Crippen LogP) is 1.88. The number of aromatic nitrogens is 2. The van der Waals surface area contributed by atoms with E-state index in [1.165, 1.54) is 0 Å². The van der Waals surface area contributed by atoms with E-state index < -0.39 is 0 Å². The van der Waals surface area contributed by atoms with Crippen LogP contribution in [0.2, 0.25) is 0 Å². The summed E-state index contributed by atoms with van der Waals surface area (Å²) in [5, 5.41) is 7.29. The second-order valence-corrected chi connectivity index (χ2v) is 4.79. The van der Waals surface area contributed by atoms with Crippen molar-refractivity contribution in [3.8, 4) is 0 Å². The van der Waals surface area contributed by atoms with Crippen molar-refractivity contribution in [1.29, 1.82) is 0 Å². The fraction of sp³-hybridized carbons (Fsp3) is 0.286. The van der Waals surface area contributed by atoms with Gasteiger partial charge in [0.15, 0.2) is 5.82 Å². The molecular formula is C14H17N5O. The first-order valence-corrected chi connectivity index (χ1v) is 6.61. The highest BCUT2D eigenvalue weighted by atomic mass is 16.2. The fourth-order valence-corrected chi connectivity index (χ4v) is 2.51. The molecule has 3 N–H and O–H groups in total. The second-order valence-electron chi connectivity index (χ2n) is 4.79. The molecule has 1 aliphatic rings. The summed E-state index contributed by atoms with van der Waals surface area (Å²) in [6.07, 6.45) is 0. The Bertz CT molecular complexity index is 676. The highest BCUT2D eigenvalue weighted by molar-refractivity contribution is 6.03. The molecule has 1 amide bonds. The number of carbonyl (C=O) groups excluding carboxylic acids is 1. The summed E-state index contributed by atoms with van der Waals surface area (Å²) in [5.41, 5.74) is 9.29. The average Bonchev–Trinajstić information content (AvgIpc) is 2.73. The summed E-state index contributed by atoms with van der Waals surface area (Å²) in [6, 6.07) is 7.69. The minimum absolute atomic E-state index is 0.0513. The molecule has 2 heterocycles. The number of nitrogens with zero attached hydrogens (tertiary/aromatic N) is 3. The topological polar surface area (TPSA) is 76.2 Å². The van der Waals surface area contributed by atoms with E-state index in [2.05, 4.69) is 10.4 Å². The van der Waals surface area contributed by atoms with Crippen molar-refractivity contribution < 1.29 is 4.79 Å². The first-order valence-electron chi connectivity index (χ1n) is 6.61. The van der Waals surface area contributed by atoms with E-state index in [0.29, 0.717) is 12.2 Å². The molecule has 0 aliphatic carbocycles. The molecule has 2 aromatic rings. The quantitative estimate of drug-likeness (QED) is 0.874. The number of hydrogen-bond acceptors (Lipinski definition) is 4. The summed E-state index contributed by atoms with van der Waals surface area (Å²) in [4.78, 5) is 13.8. The van der Waals surface area contributed by atoms with Crippen LogP contribution in [0.3, 0.4) is 0 Å². The van der Waals surface area contributed by atoms with Crippen LogP contribution in [0, 0.1) is 6.92 Å². The standard InChI is InChI=1S/C14H17N5O/c1-3-19-14(13(15)9(2)17-19)18-8-12(20)16-10-6-4-5-7-11(10)18/h4-7H,3,8,15H2,1-2H3,(H,16,20). The third-order valence-corrected chi connectivity index (χ3v) is 3.47. The number of amides is 1. The van der Waals surface area contributed by atoms with Gasteiger partial charge in [0.05, 0.1) is 22.8 Å². The lowest BCUT2D eigenvalue weighted by atomic mass is 10.2. The molecule has 1 aliphatic heterocycles. The number of benzene rings is 1. The average molecular weight is 271 g/mol. The third kappa shape index (κ3) is 1.80. The molecule has 1 aromatic carbocycles. The van der Waals surface area contributed by atoms with E-state index >= 15 is 0 Å². The first kappa shape index (κ1) is 12.5. The molecule has 0 fully saturated rings. The van der Waals surface area contributed by atoms with E-state index in [1.807, 2.05) is 47.7 Å². The van der Waals surface area contributed by atoms with Crippen LogP contribution in [0.15, 0.2) is 24.3 Å². The van der Waals surface area contributed by atoms with Gasteiger partial charge in [0.25, 0.3) is 0 Å². The van der Waals surface area contributed by atoms with E-state index in [-0.39, 0.29) is 12.5 Å². The summed E-state index contributed by atoms with van der Waals surface area (Å²) in [5.74, 6) is 0.733. The molecule has 0 unspecified atom stereocenters. The molecule has 20 heavy (non-hydrogen) atoms. The first-order chi connectivity index (χ1) is 9.61. The number of nitrogens with one attached hydrogen (secondary N) is 1. The highest BCUT2D eigenvalue weighted by Gasteiger charge is 2.27. The number of rotatable bonds is 2. The van der Waals surface area contributed by atoms with Crippen molar-refractivity contribution in [2.75, 3.05) is 22.5 Å². The lowest BCUT2D eigenvalue weighted by molar-refractivity contribution is -0.115. The van der Waals surface area contributed by atoms with Gasteiger partial charge in [-0.1, -0.05) is 12.1 Å². The van der Waals surface area contributed by atoms with Crippen LogP contribution in [0.5, 0.6) is 0 Å². The Morgan fingerprint density at radius 3 is 2.90 bits per heavy atom. The Morgan fingerprint density at radius 1 is 1.40 bits per heavy atom. The SMILES string of the molecule is CCn1nc(C)c(N)c1N1CC(=O)Nc2ccccc21. The maximum absolute atomic E-state index is 11.9. The number of nitrogens with two attached hydrogens (primary N) is 1. The molecule has 1 aromatic heterocycles. The largest absolute Gasteiger partial charge is 0.394 e. The van der Waals surface area contributed by atoms with Gasteiger partial charge in [-0.05, 0) is 26.0 Å². The summed E-state index contributed by atoms with van der Waals surface area (Å²) < 4.78 is 1.83. The Hall–Kier alpha value is -2.50. The Balaban J connectivity index is 2.18. The van der Waals surface area contributed by atoms with Crippen LogP contribution < -0.4 is 16.0 Å². The van der Waals surface area contributed by atoms with Crippen molar-refractivity contribution >= 4 is 28.8 Å². The third-order valence-electron chi connectivity index (χ3n) is 3.47. The smallest absolute Gasteiger partial charge is 0.244 e. The van der Waals surface area contributed by atoms with Gasteiger partial charge in [-0.15, -0.1) is 0 Å². The molecule has 0 spiro atoms. The van der Waals surface area contributed by atoms with Crippen LogP contribution in [-0.4, -0.2) is 22.2 Å². The number of hydrogen-bond donors (Lipinski definition) is 2. The van der Waals surface area contributed by atoms with Crippen molar-refractivity contribution in [3.05, 3.63) is 30.0 Å². The van der Waals surface area contributed by atoms with Gasteiger partial charge in [-0.3, -0.25) is 4.79 Å². The van der Waals surface area contributed by atoms with Crippen molar-refractivity contribution in [2.24, 2.45) is 0 Å². The van der Waals surface area contributed by atoms with Crippen molar-refractivity contribution in [3.63, 3.8) is 0 Å². The Kier molecular flexibility index (Phi) is 2.85. The summed E-state index contributed by atoms with van der Waals surface area (Å²) in [7, 11) is 0. The Labute approximate surface area is 117 Å². The lowest BCUT2D eigenvalue weighted by Crippen LogP contribution is -2.36. The van der Waals surface area contributed by atoms with E-state index in [1.54, 1.807) is 0 Å². The van der Waals surface area contributed by atoms with Gasteiger partial charge in [-0.2, -0.15) is 5.10 Å². The zero-order chi connectivity index (χ0) is 14.3. The van der Waals surface area contributed by atoms with Crippen LogP contribution >= 0.6 is 0 Å². The Morgan fingerprint density at radius 2 is 2.15 bits per heavy atom. The highest BCUT2D eigenvalue weighted by Crippen LogP contribution is 2.38. The van der Waals surface area contributed by atoms with Gasteiger partial charge in [-0.25, -0.2) is 4.68 Å². The number of carbonyl (C=O) groups is 1. The van der Waals surface area contributed by atoms with Gasteiger partial charge >= 0.3 is 0 Å². The van der Waals surface area contributed by atoms with Gasteiger partial charge in [0, 0.05) is 6.54 Å². The van der Waals surface area contributed by atoms with Crippen LogP contribution in [0.4, 0.5) is 22.9 Å². The minimum Gasteiger partial charge on any atom is -0.394 e. The summed E-state index contributed by atoms with van der Waals surface area (Å²) in [6.45, 7) is 4.83. The number of fused-ring (bicyclic) bond motifs is 1. The molecule has 0 radical (unpaired) electrons. The zero-order valence-electron chi connectivity index (χ0n) is 11.6. The summed E-state index contributed by atoms with van der Waals surface area (Å²) >= 11 is 0. The molecule has 6 heteroatoms. The zero-order valence-corrected chi connectivity index (χ0v) is 11.6.